The molecule has 3 heteroatoms. The molecular formula is C11H11NO2. The molecule has 0 saturated carbocycles. The van der Waals surface area contributed by atoms with Gasteiger partial charge in [0.1, 0.15) is 11.8 Å². The molecule has 0 heterocycles. The van der Waals surface area contributed by atoms with Crippen molar-refractivity contribution >= 4 is 0 Å². The third-order valence-electron chi connectivity index (χ3n) is 2.70. The first kappa shape index (κ1) is 9.04. The smallest absolute Gasteiger partial charge is 0.177 e. The van der Waals surface area contributed by atoms with E-state index in [9.17, 15) is 5.11 Å². The number of hydrogen-bond donors (Lipinski definition) is 1. The van der Waals surface area contributed by atoms with E-state index in [-0.39, 0.29) is 0 Å². The maximum atomic E-state index is 9.91. The summed E-state index contributed by atoms with van der Waals surface area (Å²) in [5, 5.41) is 18.8. The Bertz CT molecular complexity index is 408. The molecule has 1 aliphatic rings. The predicted molar refractivity (Wildman–Crippen MR) is 50.8 cm³/mol. The van der Waals surface area contributed by atoms with Gasteiger partial charge >= 0.3 is 0 Å². The highest BCUT2D eigenvalue weighted by atomic mass is 16.5. The average molecular weight is 189 g/mol. The zero-order valence-corrected chi connectivity index (χ0v) is 7.95. The number of aliphatic hydroxyl groups is 1. The zero-order valence-electron chi connectivity index (χ0n) is 7.95. The molecule has 1 aliphatic carbocycles. The van der Waals surface area contributed by atoms with Crippen molar-refractivity contribution in [1.82, 2.24) is 0 Å². The van der Waals surface area contributed by atoms with Gasteiger partial charge in [-0.15, -0.1) is 0 Å². The standard InChI is InChI=1S/C11H11NO2/c1-14-9-2-3-10-8(6-9)4-5-11(10,13)7-12/h2-3,6,13H,4-5H2,1H3. The Balaban J connectivity index is 2.50. The van der Waals surface area contributed by atoms with Crippen LogP contribution in [0.2, 0.25) is 0 Å². The average Bonchev–Trinajstić information content (AvgIpc) is 2.57. The Morgan fingerprint density at radius 1 is 1.57 bits per heavy atom. The molecular weight excluding hydrogens is 178 g/mol. The first-order valence-corrected chi connectivity index (χ1v) is 4.50. The molecule has 1 aromatic carbocycles. The number of nitriles is 1. The van der Waals surface area contributed by atoms with Crippen molar-refractivity contribution in [2.75, 3.05) is 7.11 Å². The van der Waals surface area contributed by atoms with Crippen molar-refractivity contribution < 1.29 is 9.84 Å². The number of ether oxygens (including phenoxy) is 1. The van der Waals surface area contributed by atoms with E-state index in [4.69, 9.17) is 10.00 Å². The molecule has 0 radical (unpaired) electrons. The quantitative estimate of drug-likeness (QED) is 0.678. The van der Waals surface area contributed by atoms with Gasteiger partial charge in [-0.2, -0.15) is 5.26 Å². The molecule has 14 heavy (non-hydrogen) atoms. The van der Waals surface area contributed by atoms with E-state index in [1.807, 2.05) is 12.1 Å². The maximum absolute atomic E-state index is 9.91. The van der Waals surface area contributed by atoms with Gasteiger partial charge < -0.3 is 9.84 Å². The van der Waals surface area contributed by atoms with Crippen LogP contribution in [0.15, 0.2) is 18.2 Å². The summed E-state index contributed by atoms with van der Waals surface area (Å²) in [5.74, 6) is 0.769. The van der Waals surface area contributed by atoms with Crippen LogP contribution in [-0.4, -0.2) is 12.2 Å². The number of aryl methyl sites for hydroxylation is 1. The lowest BCUT2D eigenvalue weighted by molar-refractivity contribution is 0.1000. The van der Waals surface area contributed by atoms with Crippen LogP contribution < -0.4 is 4.74 Å². The fourth-order valence-corrected chi connectivity index (χ4v) is 1.87. The van der Waals surface area contributed by atoms with Crippen LogP contribution in [0, 0.1) is 11.3 Å². The summed E-state index contributed by atoms with van der Waals surface area (Å²) in [6, 6.07) is 7.37. The van der Waals surface area contributed by atoms with Crippen LogP contribution in [0.1, 0.15) is 17.5 Å². The highest BCUT2D eigenvalue weighted by molar-refractivity contribution is 5.45. The first-order valence-electron chi connectivity index (χ1n) is 4.50. The fourth-order valence-electron chi connectivity index (χ4n) is 1.87. The van der Waals surface area contributed by atoms with E-state index in [2.05, 4.69) is 0 Å². The lowest BCUT2D eigenvalue weighted by Crippen LogP contribution is -2.18. The summed E-state index contributed by atoms with van der Waals surface area (Å²) < 4.78 is 5.08. The van der Waals surface area contributed by atoms with Crippen molar-refractivity contribution in [3.63, 3.8) is 0 Å². The summed E-state index contributed by atoms with van der Waals surface area (Å²) in [4.78, 5) is 0. The molecule has 1 atom stereocenters. The SMILES string of the molecule is COc1ccc2c(c1)CCC2(O)C#N. The van der Waals surface area contributed by atoms with E-state index in [0.717, 1.165) is 23.3 Å². The Morgan fingerprint density at radius 2 is 2.36 bits per heavy atom. The molecule has 0 fully saturated rings. The van der Waals surface area contributed by atoms with E-state index >= 15 is 0 Å². The lowest BCUT2D eigenvalue weighted by atomic mass is 9.98. The Kier molecular flexibility index (Phi) is 1.94. The third kappa shape index (κ3) is 1.16. The molecule has 0 saturated heterocycles. The summed E-state index contributed by atoms with van der Waals surface area (Å²) in [6.07, 6.45) is 1.21. The highest BCUT2D eigenvalue weighted by Gasteiger charge is 2.36. The normalized spacial score (nSPS) is 24.1. The monoisotopic (exact) mass is 189 g/mol. The van der Waals surface area contributed by atoms with Crippen molar-refractivity contribution in [3.8, 4) is 11.8 Å². The largest absolute Gasteiger partial charge is 0.497 e. The zero-order chi connectivity index (χ0) is 10.2. The predicted octanol–water partition coefficient (Wildman–Crippen LogP) is 1.35. The highest BCUT2D eigenvalue weighted by Crippen LogP contribution is 2.37. The van der Waals surface area contributed by atoms with Crippen molar-refractivity contribution in [3.05, 3.63) is 29.3 Å². The second-order valence-electron chi connectivity index (χ2n) is 3.50. The molecule has 3 nitrogen and oxygen atoms in total. The minimum absolute atomic E-state index is 0.478. The molecule has 2 rings (SSSR count). The van der Waals surface area contributed by atoms with Gasteiger partial charge in [-0.1, -0.05) is 6.07 Å². The molecule has 0 spiro atoms. The van der Waals surface area contributed by atoms with E-state index in [1.54, 1.807) is 19.2 Å². The van der Waals surface area contributed by atoms with Crippen LogP contribution in [0.3, 0.4) is 0 Å². The van der Waals surface area contributed by atoms with Gasteiger partial charge in [-0.05, 0) is 30.5 Å². The van der Waals surface area contributed by atoms with Gasteiger partial charge in [-0.25, -0.2) is 0 Å². The van der Waals surface area contributed by atoms with Crippen molar-refractivity contribution in [1.29, 1.82) is 5.26 Å². The van der Waals surface area contributed by atoms with E-state index < -0.39 is 5.60 Å². The van der Waals surface area contributed by atoms with Crippen LogP contribution in [0.25, 0.3) is 0 Å². The van der Waals surface area contributed by atoms with Gasteiger partial charge in [0.25, 0.3) is 0 Å². The van der Waals surface area contributed by atoms with Gasteiger partial charge in [-0.3, -0.25) is 0 Å². The van der Waals surface area contributed by atoms with Crippen LogP contribution >= 0.6 is 0 Å². The lowest BCUT2D eigenvalue weighted by Gasteiger charge is -2.13. The summed E-state index contributed by atoms with van der Waals surface area (Å²) in [6.45, 7) is 0. The summed E-state index contributed by atoms with van der Waals surface area (Å²) >= 11 is 0. The second kappa shape index (κ2) is 3.00. The third-order valence-corrected chi connectivity index (χ3v) is 2.70. The molecule has 1 unspecified atom stereocenters. The number of benzene rings is 1. The van der Waals surface area contributed by atoms with Gasteiger partial charge in [0.05, 0.1) is 7.11 Å². The Morgan fingerprint density at radius 3 is 3.00 bits per heavy atom. The van der Waals surface area contributed by atoms with Gasteiger partial charge in [0, 0.05) is 5.56 Å². The van der Waals surface area contributed by atoms with Crippen molar-refractivity contribution in [2.24, 2.45) is 0 Å². The number of fused-ring (bicyclic) bond motifs is 1. The molecule has 1 N–H and O–H groups in total. The number of methoxy groups -OCH3 is 1. The second-order valence-corrected chi connectivity index (χ2v) is 3.50. The van der Waals surface area contributed by atoms with E-state index in [1.165, 1.54) is 0 Å². The molecule has 0 aromatic heterocycles. The number of nitrogens with zero attached hydrogens (tertiary/aromatic N) is 1. The molecule has 1 aromatic rings. The van der Waals surface area contributed by atoms with Crippen LogP contribution in [0.4, 0.5) is 0 Å². The fraction of sp³-hybridized carbons (Fsp3) is 0.364. The summed E-state index contributed by atoms with van der Waals surface area (Å²) in [7, 11) is 1.60. The van der Waals surface area contributed by atoms with Crippen LogP contribution in [0.5, 0.6) is 5.75 Å². The molecule has 0 aliphatic heterocycles. The van der Waals surface area contributed by atoms with Crippen LogP contribution in [-0.2, 0) is 12.0 Å². The first-order chi connectivity index (χ1) is 6.69. The maximum Gasteiger partial charge on any atom is 0.177 e. The molecule has 0 bridgehead atoms. The molecule has 72 valence electrons. The van der Waals surface area contributed by atoms with Gasteiger partial charge in [0.2, 0.25) is 0 Å². The van der Waals surface area contributed by atoms with Crippen molar-refractivity contribution in [2.45, 2.75) is 18.4 Å². The number of hydrogen-bond acceptors (Lipinski definition) is 3. The molecule has 0 amide bonds. The topological polar surface area (TPSA) is 53.2 Å². The van der Waals surface area contributed by atoms with E-state index in [0.29, 0.717) is 6.42 Å². The summed E-state index contributed by atoms with van der Waals surface area (Å²) in [5.41, 5.74) is 0.441. The Labute approximate surface area is 82.6 Å². The minimum Gasteiger partial charge on any atom is -0.497 e. The minimum atomic E-state index is -1.29. The van der Waals surface area contributed by atoms with Gasteiger partial charge in [0.15, 0.2) is 5.60 Å². The number of rotatable bonds is 1. The Hall–Kier alpha value is -1.53.